The number of benzene rings is 3. The minimum absolute atomic E-state index is 0.177. The van der Waals surface area contributed by atoms with Gasteiger partial charge in [-0.05, 0) is 67.9 Å². The summed E-state index contributed by atoms with van der Waals surface area (Å²) in [5.74, 6) is 0.669. The molecule has 1 N–H and O–H groups in total. The van der Waals surface area contributed by atoms with Crippen molar-refractivity contribution in [1.29, 1.82) is 0 Å². The van der Waals surface area contributed by atoms with Gasteiger partial charge in [0.25, 0.3) is 0 Å². The molecule has 0 aliphatic rings. The summed E-state index contributed by atoms with van der Waals surface area (Å²) in [5, 5.41) is 2.80. The smallest absolute Gasteiger partial charge is 0.244 e. The molecular formula is C25H28N2O6S2. The molecule has 3 aromatic rings. The molecule has 0 spiro atoms. The molecule has 0 aliphatic carbocycles. The maximum Gasteiger partial charge on any atom is 0.244 e. The Morgan fingerprint density at radius 1 is 0.800 bits per heavy atom. The van der Waals surface area contributed by atoms with Crippen molar-refractivity contribution in [3.8, 4) is 11.5 Å². The maximum absolute atomic E-state index is 13.0. The number of para-hydroxylation sites is 1. The van der Waals surface area contributed by atoms with Crippen LogP contribution < -0.4 is 14.4 Å². The molecule has 0 fully saturated rings. The van der Waals surface area contributed by atoms with Crippen LogP contribution in [0.4, 0.5) is 5.69 Å². The molecule has 1 amide bonds. The highest BCUT2D eigenvalue weighted by atomic mass is 32.2. The van der Waals surface area contributed by atoms with Crippen LogP contribution in [0.1, 0.15) is 25.5 Å². The van der Waals surface area contributed by atoms with Crippen LogP contribution in [0.5, 0.6) is 11.5 Å². The Kier molecular flexibility index (Phi) is 7.86. The molecule has 0 aromatic heterocycles. The summed E-state index contributed by atoms with van der Waals surface area (Å²) < 4.78 is 55.3. The van der Waals surface area contributed by atoms with E-state index in [1.54, 1.807) is 55.5 Å². The van der Waals surface area contributed by atoms with Gasteiger partial charge in [0, 0.05) is 6.26 Å². The largest absolute Gasteiger partial charge is 0.457 e. The van der Waals surface area contributed by atoms with Crippen LogP contribution in [0, 0.1) is 0 Å². The first-order chi connectivity index (χ1) is 16.4. The molecule has 10 heteroatoms. The fourth-order valence-electron chi connectivity index (χ4n) is 3.52. The Hall–Kier alpha value is -3.37. The molecule has 3 rings (SSSR count). The first-order valence-corrected chi connectivity index (χ1v) is 14.5. The van der Waals surface area contributed by atoms with Gasteiger partial charge >= 0.3 is 0 Å². The molecule has 0 bridgehead atoms. The average molecular weight is 517 g/mol. The minimum Gasteiger partial charge on any atom is -0.457 e. The lowest BCUT2D eigenvalue weighted by Gasteiger charge is -2.29. The predicted octanol–water partition coefficient (Wildman–Crippen LogP) is 3.91. The highest BCUT2D eigenvalue weighted by Gasteiger charge is 2.30. The second-order valence-electron chi connectivity index (χ2n) is 8.22. The minimum atomic E-state index is -3.79. The Morgan fingerprint density at radius 2 is 1.34 bits per heavy atom. The van der Waals surface area contributed by atoms with E-state index in [4.69, 9.17) is 4.74 Å². The quantitative estimate of drug-likeness (QED) is 0.462. The number of anilines is 1. The van der Waals surface area contributed by atoms with Crippen LogP contribution in [0.15, 0.2) is 83.8 Å². The van der Waals surface area contributed by atoms with Crippen LogP contribution in [0.25, 0.3) is 0 Å². The number of sulfone groups is 1. The van der Waals surface area contributed by atoms with Crippen LogP contribution in [-0.4, -0.2) is 41.3 Å². The third kappa shape index (κ3) is 6.83. The zero-order valence-electron chi connectivity index (χ0n) is 19.9. The molecule has 0 unspecified atom stereocenters. The number of hydrogen-bond acceptors (Lipinski definition) is 6. The number of hydrogen-bond donors (Lipinski definition) is 1. The predicted molar refractivity (Wildman–Crippen MR) is 136 cm³/mol. The third-order valence-corrected chi connectivity index (χ3v) is 7.70. The molecule has 0 radical (unpaired) electrons. The fraction of sp³-hybridized carbons (Fsp3) is 0.240. The molecule has 0 aliphatic heterocycles. The lowest BCUT2D eigenvalue weighted by molar-refractivity contribution is -0.122. The van der Waals surface area contributed by atoms with Crippen LogP contribution >= 0.6 is 0 Å². The molecule has 35 heavy (non-hydrogen) atoms. The van der Waals surface area contributed by atoms with Crippen molar-refractivity contribution in [2.45, 2.75) is 30.8 Å². The average Bonchev–Trinajstić information content (AvgIpc) is 2.79. The van der Waals surface area contributed by atoms with Gasteiger partial charge in [-0.15, -0.1) is 0 Å². The van der Waals surface area contributed by atoms with Crippen LogP contribution in [0.2, 0.25) is 0 Å². The molecule has 186 valence electrons. The summed E-state index contributed by atoms with van der Waals surface area (Å²) >= 11 is 0. The van der Waals surface area contributed by atoms with Crippen molar-refractivity contribution in [3.05, 3.63) is 84.4 Å². The zero-order chi connectivity index (χ0) is 25.8. The van der Waals surface area contributed by atoms with E-state index >= 15 is 0 Å². The number of sulfonamides is 1. The van der Waals surface area contributed by atoms with E-state index in [2.05, 4.69) is 5.32 Å². The van der Waals surface area contributed by atoms with Crippen molar-refractivity contribution >= 4 is 31.5 Å². The molecule has 3 aromatic carbocycles. The van der Waals surface area contributed by atoms with Gasteiger partial charge in [0.1, 0.15) is 17.5 Å². The summed E-state index contributed by atoms with van der Waals surface area (Å²) in [6.45, 7) is 3.24. The van der Waals surface area contributed by atoms with E-state index in [9.17, 15) is 21.6 Å². The van der Waals surface area contributed by atoms with Gasteiger partial charge in [0.15, 0.2) is 9.84 Å². The van der Waals surface area contributed by atoms with E-state index in [0.717, 1.165) is 16.8 Å². The highest BCUT2D eigenvalue weighted by Crippen LogP contribution is 2.27. The third-order valence-electron chi connectivity index (χ3n) is 5.33. The van der Waals surface area contributed by atoms with Crippen molar-refractivity contribution in [2.75, 3.05) is 16.8 Å². The first-order valence-electron chi connectivity index (χ1n) is 10.8. The Labute approximate surface area is 206 Å². The molecular weight excluding hydrogens is 488 g/mol. The first kappa shape index (κ1) is 26.2. The molecule has 0 saturated carbocycles. The summed E-state index contributed by atoms with van der Waals surface area (Å²) in [6.07, 6.45) is 2.16. The SMILES string of the molecule is C[C@H](C(=O)N[C@H](C)c1ccc(S(C)(=O)=O)cc1)N(c1ccc(Oc2ccccc2)cc1)S(C)(=O)=O. The summed E-state index contributed by atoms with van der Waals surface area (Å²) in [7, 11) is -7.12. The topological polar surface area (TPSA) is 110 Å². The Balaban J connectivity index is 1.76. The monoisotopic (exact) mass is 516 g/mol. The van der Waals surface area contributed by atoms with Crippen molar-refractivity contribution in [3.63, 3.8) is 0 Å². The van der Waals surface area contributed by atoms with Crippen molar-refractivity contribution in [2.24, 2.45) is 0 Å². The molecule has 2 atom stereocenters. The lowest BCUT2D eigenvalue weighted by atomic mass is 10.1. The summed E-state index contributed by atoms with van der Waals surface area (Å²) in [6, 6.07) is 20.3. The number of rotatable bonds is 9. The molecule has 8 nitrogen and oxygen atoms in total. The van der Waals surface area contributed by atoms with E-state index in [1.807, 2.05) is 18.2 Å². The van der Waals surface area contributed by atoms with E-state index in [-0.39, 0.29) is 4.90 Å². The number of carbonyl (C=O) groups is 1. The second-order valence-corrected chi connectivity index (χ2v) is 12.1. The number of amides is 1. The summed E-state index contributed by atoms with van der Waals surface area (Å²) in [5.41, 5.74) is 1.01. The standard InChI is InChI=1S/C25H28N2O6S2/c1-18(20-10-16-24(17-11-20)34(3,29)30)26-25(28)19(2)27(35(4,31)32)21-12-14-23(15-13-21)33-22-8-6-5-7-9-22/h5-19H,1-4H3,(H,26,28)/t18-,19-/m1/s1. The number of nitrogens with zero attached hydrogens (tertiary/aromatic N) is 1. The highest BCUT2D eigenvalue weighted by molar-refractivity contribution is 7.92. The van der Waals surface area contributed by atoms with Crippen molar-refractivity contribution < 1.29 is 26.4 Å². The van der Waals surface area contributed by atoms with Crippen molar-refractivity contribution in [1.82, 2.24) is 5.32 Å². The number of nitrogens with one attached hydrogen (secondary N) is 1. The fourth-order valence-corrected chi connectivity index (χ4v) is 5.32. The van der Waals surface area contributed by atoms with Gasteiger partial charge in [-0.2, -0.15) is 0 Å². The van der Waals surface area contributed by atoms with Gasteiger partial charge in [-0.1, -0.05) is 30.3 Å². The number of ether oxygens (including phenoxy) is 1. The molecule has 0 saturated heterocycles. The number of carbonyl (C=O) groups excluding carboxylic acids is 1. The lowest BCUT2D eigenvalue weighted by Crippen LogP contribution is -2.48. The molecule has 0 heterocycles. The van der Waals surface area contributed by atoms with E-state index in [0.29, 0.717) is 22.7 Å². The maximum atomic E-state index is 13.0. The summed E-state index contributed by atoms with van der Waals surface area (Å²) in [4.78, 5) is 13.2. The van der Waals surface area contributed by atoms with Gasteiger partial charge < -0.3 is 10.1 Å². The van der Waals surface area contributed by atoms with Gasteiger partial charge in [-0.3, -0.25) is 9.10 Å². The van der Waals surface area contributed by atoms with E-state index in [1.165, 1.54) is 19.1 Å². The normalized spacial score (nSPS) is 13.5. The van der Waals surface area contributed by atoms with Gasteiger partial charge in [0.2, 0.25) is 15.9 Å². The second kappa shape index (κ2) is 10.5. The van der Waals surface area contributed by atoms with Gasteiger partial charge in [0.05, 0.1) is 22.9 Å². The Bertz CT molecular complexity index is 1370. The van der Waals surface area contributed by atoms with Gasteiger partial charge in [-0.25, -0.2) is 16.8 Å². The van der Waals surface area contributed by atoms with E-state index < -0.39 is 37.9 Å². The Morgan fingerprint density at radius 3 is 1.86 bits per heavy atom. The zero-order valence-corrected chi connectivity index (χ0v) is 21.5. The van der Waals surface area contributed by atoms with Crippen LogP contribution in [0.3, 0.4) is 0 Å². The van der Waals surface area contributed by atoms with Crippen LogP contribution in [-0.2, 0) is 24.7 Å².